The fourth-order valence-corrected chi connectivity index (χ4v) is 3.37. The maximum atomic E-state index is 12.3. The van der Waals surface area contributed by atoms with Crippen molar-refractivity contribution in [3.05, 3.63) is 48.0 Å². The Kier molecular flexibility index (Phi) is 5.51. The predicted molar refractivity (Wildman–Crippen MR) is 97.6 cm³/mol. The van der Waals surface area contributed by atoms with Crippen LogP contribution in [0.4, 0.5) is 0 Å². The van der Waals surface area contributed by atoms with E-state index in [0.717, 1.165) is 16.3 Å². The number of carboxylic acid groups (broad SMARTS) is 1. The van der Waals surface area contributed by atoms with Gasteiger partial charge in [-0.15, -0.1) is 0 Å². The van der Waals surface area contributed by atoms with Crippen molar-refractivity contribution in [3.63, 3.8) is 0 Å². The summed E-state index contributed by atoms with van der Waals surface area (Å²) in [4.78, 5) is 37.1. The van der Waals surface area contributed by atoms with Crippen LogP contribution in [0.3, 0.4) is 0 Å². The summed E-state index contributed by atoms with van der Waals surface area (Å²) in [5, 5.41) is 13.9. The van der Waals surface area contributed by atoms with Gasteiger partial charge in [-0.25, -0.2) is 0 Å². The molecule has 1 fully saturated rings. The van der Waals surface area contributed by atoms with Crippen LogP contribution >= 0.6 is 0 Å². The molecule has 6 nitrogen and oxygen atoms in total. The lowest BCUT2D eigenvalue weighted by atomic mass is 9.98. The lowest BCUT2D eigenvalue weighted by Gasteiger charge is -2.30. The summed E-state index contributed by atoms with van der Waals surface area (Å²) in [7, 11) is 0. The number of carbonyl (C=O) groups excluding carboxylic acids is 2. The molecule has 1 aliphatic rings. The number of likely N-dealkylation sites (tertiary alicyclic amines) is 1. The van der Waals surface area contributed by atoms with E-state index in [1.165, 1.54) is 4.90 Å². The highest BCUT2D eigenvalue weighted by atomic mass is 16.4. The molecule has 0 aromatic heterocycles. The minimum Gasteiger partial charge on any atom is -0.481 e. The van der Waals surface area contributed by atoms with Crippen molar-refractivity contribution >= 4 is 28.6 Å². The van der Waals surface area contributed by atoms with Crippen molar-refractivity contribution in [2.45, 2.75) is 19.3 Å². The summed E-state index contributed by atoms with van der Waals surface area (Å²) in [6.07, 6.45) is 1.46. The second-order valence-corrected chi connectivity index (χ2v) is 6.61. The highest BCUT2D eigenvalue weighted by Crippen LogP contribution is 2.19. The quantitative estimate of drug-likeness (QED) is 0.857. The highest BCUT2D eigenvalue weighted by molar-refractivity contribution is 5.91. The molecule has 1 atom stereocenters. The Bertz CT molecular complexity index is 828. The molecule has 1 unspecified atom stereocenters. The largest absolute Gasteiger partial charge is 0.481 e. The standard InChI is InChI=1S/C20H22N2O4/c23-18(11-15-7-3-6-14-5-1-2-9-17(14)15)21-12-19(24)22-10-4-8-16(13-22)20(25)26/h1-3,5-7,9,16H,4,8,10-13H2,(H,21,23)(H,25,26). The van der Waals surface area contributed by atoms with Crippen molar-refractivity contribution < 1.29 is 19.5 Å². The summed E-state index contributed by atoms with van der Waals surface area (Å²) >= 11 is 0. The third kappa shape index (κ3) is 4.20. The predicted octanol–water partition coefficient (Wildman–Crippen LogP) is 1.82. The van der Waals surface area contributed by atoms with Gasteiger partial charge in [-0.1, -0.05) is 42.5 Å². The Morgan fingerprint density at radius 1 is 1.12 bits per heavy atom. The van der Waals surface area contributed by atoms with Gasteiger partial charge in [0.25, 0.3) is 0 Å². The van der Waals surface area contributed by atoms with Gasteiger partial charge in [0.1, 0.15) is 0 Å². The highest BCUT2D eigenvalue weighted by Gasteiger charge is 2.28. The number of piperidine rings is 1. The average Bonchev–Trinajstić information content (AvgIpc) is 2.66. The first-order chi connectivity index (χ1) is 12.5. The van der Waals surface area contributed by atoms with E-state index in [2.05, 4.69) is 5.32 Å². The lowest BCUT2D eigenvalue weighted by molar-refractivity contribution is -0.145. The molecule has 6 heteroatoms. The molecule has 2 amide bonds. The molecule has 2 N–H and O–H groups in total. The first-order valence-electron chi connectivity index (χ1n) is 8.78. The monoisotopic (exact) mass is 354 g/mol. The van der Waals surface area contributed by atoms with Crippen molar-refractivity contribution in [2.24, 2.45) is 5.92 Å². The van der Waals surface area contributed by atoms with E-state index in [4.69, 9.17) is 5.11 Å². The summed E-state index contributed by atoms with van der Waals surface area (Å²) in [5.74, 6) is -1.84. The number of aliphatic carboxylic acids is 1. The second kappa shape index (κ2) is 7.99. The summed E-state index contributed by atoms with van der Waals surface area (Å²) in [6.45, 7) is 0.658. The number of carbonyl (C=O) groups is 3. The zero-order chi connectivity index (χ0) is 18.5. The number of hydrogen-bond donors (Lipinski definition) is 2. The number of nitrogens with zero attached hydrogens (tertiary/aromatic N) is 1. The third-order valence-corrected chi connectivity index (χ3v) is 4.79. The number of amides is 2. The van der Waals surface area contributed by atoms with Crippen LogP contribution in [-0.2, 0) is 20.8 Å². The first kappa shape index (κ1) is 17.9. The maximum Gasteiger partial charge on any atom is 0.308 e. The molecule has 1 aliphatic heterocycles. The number of carboxylic acids is 1. The SMILES string of the molecule is O=C(Cc1cccc2ccccc12)NCC(=O)N1CCCC(C(=O)O)C1. The van der Waals surface area contributed by atoms with Gasteiger partial charge >= 0.3 is 5.97 Å². The Morgan fingerprint density at radius 2 is 1.88 bits per heavy atom. The molecule has 26 heavy (non-hydrogen) atoms. The van der Waals surface area contributed by atoms with Gasteiger partial charge in [-0.3, -0.25) is 14.4 Å². The second-order valence-electron chi connectivity index (χ2n) is 6.61. The molecular formula is C20H22N2O4. The molecule has 0 bridgehead atoms. The number of nitrogens with one attached hydrogen (secondary N) is 1. The molecule has 2 aromatic rings. The molecule has 0 spiro atoms. The summed E-state index contributed by atoms with van der Waals surface area (Å²) in [6, 6.07) is 13.7. The van der Waals surface area contributed by atoms with Gasteiger partial charge in [0.05, 0.1) is 18.9 Å². The van der Waals surface area contributed by atoms with Crippen molar-refractivity contribution in [1.82, 2.24) is 10.2 Å². The van der Waals surface area contributed by atoms with Gasteiger partial charge < -0.3 is 15.3 Å². The minimum absolute atomic E-state index is 0.101. The number of hydrogen-bond acceptors (Lipinski definition) is 3. The molecule has 0 aliphatic carbocycles. The molecule has 2 aromatic carbocycles. The summed E-state index contributed by atoms with van der Waals surface area (Å²) in [5.41, 5.74) is 0.914. The Labute approximate surface area is 151 Å². The minimum atomic E-state index is -0.873. The van der Waals surface area contributed by atoms with Crippen LogP contribution in [0.25, 0.3) is 10.8 Å². The summed E-state index contributed by atoms with van der Waals surface area (Å²) < 4.78 is 0. The van der Waals surface area contributed by atoms with Crippen molar-refractivity contribution in [2.75, 3.05) is 19.6 Å². The third-order valence-electron chi connectivity index (χ3n) is 4.79. The van der Waals surface area contributed by atoms with Gasteiger partial charge in [0, 0.05) is 13.1 Å². The van der Waals surface area contributed by atoms with Crippen LogP contribution < -0.4 is 5.32 Å². The van der Waals surface area contributed by atoms with E-state index < -0.39 is 11.9 Å². The number of rotatable bonds is 5. The van der Waals surface area contributed by atoms with Crippen LogP contribution in [0.15, 0.2) is 42.5 Å². The maximum absolute atomic E-state index is 12.3. The molecule has 136 valence electrons. The molecule has 1 saturated heterocycles. The van der Waals surface area contributed by atoms with Crippen LogP contribution in [0.5, 0.6) is 0 Å². The van der Waals surface area contributed by atoms with E-state index in [-0.39, 0.29) is 31.3 Å². The Balaban J connectivity index is 1.55. The smallest absolute Gasteiger partial charge is 0.308 e. The first-order valence-corrected chi connectivity index (χ1v) is 8.78. The van der Waals surface area contributed by atoms with Crippen molar-refractivity contribution in [1.29, 1.82) is 0 Å². The molecule has 1 heterocycles. The average molecular weight is 354 g/mol. The van der Waals surface area contributed by atoms with Crippen LogP contribution in [0, 0.1) is 5.92 Å². The van der Waals surface area contributed by atoms with Crippen LogP contribution in [0.1, 0.15) is 18.4 Å². The zero-order valence-electron chi connectivity index (χ0n) is 14.5. The molecule has 3 rings (SSSR count). The van der Waals surface area contributed by atoms with Gasteiger partial charge in [0.2, 0.25) is 11.8 Å². The fraction of sp³-hybridized carbons (Fsp3) is 0.350. The van der Waals surface area contributed by atoms with Gasteiger partial charge in [-0.05, 0) is 29.2 Å². The number of benzene rings is 2. The normalized spacial score (nSPS) is 17.1. The van der Waals surface area contributed by atoms with E-state index in [0.29, 0.717) is 19.4 Å². The van der Waals surface area contributed by atoms with Crippen LogP contribution in [-0.4, -0.2) is 47.4 Å². The lowest BCUT2D eigenvalue weighted by Crippen LogP contribution is -2.46. The number of fused-ring (bicyclic) bond motifs is 1. The van der Waals surface area contributed by atoms with E-state index in [1.807, 2.05) is 42.5 Å². The molecule has 0 saturated carbocycles. The Morgan fingerprint density at radius 3 is 2.69 bits per heavy atom. The van der Waals surface area contributed by atoms with Gasteiger partial charge in [0.15, 0.2) is 0 Å². The Hall–Kier alpha value is -2.89. The van der Waals surface area contributed by atoms with E-state index in [1.54, 1.807) is 0 Å². The zero-order valence-corrected chi connectivity index (χ0v) is 14.5. The van der Waals surface area contributed by atoms with E-state index in [9.17, 15) is 14.4 Å². The fourth-order valence-electron chi connectivity index (χ4n) is 3.37. The molecular weight excluding hydrogens is 332 g/mol. The van der Waals surface area contributed by atoms with E-state index >= 15 is 0 Å². The van der Waals surface area contributed by atoms with Gasteiger partial charge in [-0.2, -0.15) is 0 Å². The molecule has 0 radical (unpaired) electrons. The topological polar surface area (TPSA) is 86.7 Å². The van der Waals surface area contributed by atoms with Crippen LogP contribution in [0.2, 0.25) is 0 Å². The van der Waals surface area contributed by atoms with Crippen molar-refractivity contribution in [3.8, 4) is 0 Å².